The van der Waals surface area contributed by atoms with E-state index in [0.717, 1.165) is 29.2 Å². The molecule has 1 heterocycles. The lowest BCUT2D eigenvalue weighted by atomic mass is 10.1. The molecule has 146 valence electrons. The highest BCUT2D eigenvalue weighted by Gasteiger charge is 2.32. The maximum atomic E-state index is 11.9. The van der Waals surface area contributed by atoms with E-state index in [1.807, 2.05) is 48.5 Å². The molecule has 1 aliphatic heterocycles. The molecule has 2 aromatic carbocycles. The Hall–Kier alpha value is -1.11. The van der Waals surface area contributed by atoms with Crippen LogP contribution in [0.25, 0.3) is 0 Å². The van der Waals surface area contributed by atoms with E-state index in [-0.39, 0.29) is 17.5 Å². The Morgan fingerprint density at radius 2 is 1.63 bits per heavy atom. The van der Waals surface area contributed by atoms with Crippen LogP contribution >= 0.6 is 23.2 Å². The molecule has 0 aliphatic carbocycles. The van der Waals surface area contributed by atoms with Crippen molar-refractivity contribution in [1.29, 1.82) is 0 Å². The monoisotopic (exact) mass is 426 g/mol. The first-order valence-electron chi connectivity index (χ1n) is 9.06. The molecule has 0 aromatic heterocycles. The van der Waals surface area contributed by atoms with Gasteiger partial charge in [-0.05, 0) is 29.7 Å². The Bertz CT molecular complexity index is 874. The van der Waals surface area contributed by atoms with Crippen molar-refractivity contribution >= 4 is 33.0 Å². The zero-order valence-electron chi connectivity index (χ0n) is 15.1. The van der Waals surface area contributed by atoms with Gasteiger partial charge in [0, 0.05) is 42.3 Å². The molecule has 4 nitrogen and oxygen atoms in total. The van der Waals surface area contributed by atoms with Gasteiger partial charge in [-0.1, -0.05) is 59.6 Å². The van der Waals surface area contributed by atoms with Crippen LogP contribution in [0, 0.1) is 0 Å². The van der Waals surface area contributed by atoms with Crippen molar-refractivity contribution in [2.75, 3.05) is 24.6 Å². The quantitative estimate of drug-likeness (QED) is 0.652. The lowest BCUT2D eigenvalue weighted by Gasteiger charge is -2.28. The molecule has 0 unspecified atom stereocenters. The first-order chi connectivity index (χ1) is 12.9. The van der Waals surface area contributed by atoms with Crippen LogP contribution < -0.4 is 5.32 Å². The fraction of sp³-hybridized carbons (Fsp3) is 0.400. The predicted molar refractivity (Wildman–Crippen MR) is 112 cm³/mol. The predicted octanol–water partition coefficient (Wildman–Crippen LogP) is 3.77. The summed E-state index contributed by atoms with van der Waals surface area (Å²) in [7, 11) is -2.93. The minimum atomic E-state index is -2.93. The van der Waals surface area contributed by atoms with E-state index in [0.29, 0.717) is 24.5 Å². The van der Waals surface area contributed by atoms with E-state index in [1.165, 1.54) is 0 Å². The topological polar surface area (TPSA) is 49.4 Å². The number of rotatable bonds is 8. The molecule has 1 atom stereocenters. The number of benzene rings is 2. The molecule has 1 N–H and O–H groups in total. The maximum absolute atomic E-state index is 11.9. The summed E-state index contributed by atoms with van der Waals surface area (Å²) in [6.07, 6.45) is 0.678. The summed E-state index contributed by atoms with van der Waals surface area (Å²) in [5, 5.41) is 4.87. The lowest BCUT2D eigenvalue weighted by molar-refractivity contribution is 0.204. The largest absolute Gasteiger partial charge is 0.311 e. The van der Waals surface area contributed by atoms with Crippen LogP contribution in [0.1, 0.15) is 17.5 Å². The van der Waals surface area contributed by atoms with Gasteiger partial charge >= 0.3 is 0 Å². The fourth-order valence-corrected chi connectivity index (χ4v) is 5.55. The average molecular weight is 427 g/mol. The van der Waals surface area contributed by atoms with E-state index in [9.17, 15) is 8.42 Å². The summed E-state index contributed by atoms with van der Waals surface area (Å²) in [6.45, 7) is 2.82. The standard InChI is InChI=1S/C20H24Cl2N2O2S/c21-19-7-3-1-5-16(19)13-23-10-11-24(18-9-12-27(25,26)15-18)14-17-6-2-4-8-20(17)22/h1-8,18,23H,9-15H2/t18-/m0/s1. The molecule has 7 heteroatoms. The molecule has 27 heavy (non-hydrogen) atoms. The highest BCUT2D eigenvalue weighted by atomic mass is 35.5. The SMILES string of the molecule is O=S1(=O)CC[C@H](N(CCNCc2ccccc2Cl)Cc2ccccc2Cl)C1. The second-order valence-electron chi connectivity index (χ2n) is 6.89. The Labute approximate surface area is 171 Å². The Kier molecular flexibility index (Phi) is 7.17. The third kappa shape index (κ3) is 5.93. The van der Waals surface area contributed by atoms with Gasteiger partial charge in [-0.15, -0.1) is 0 Å². The average Bonchev–Trinajstić information content (AvgIpc) is 3.00. The van der Waals surface area contributed by atoms with Crippen LogP contribution in [-0.2, 0) is 22.9 Å². The molecular formula is C20H24Cl2N2O2S. The fourth-order valence-electron chi connectivity index (χ4n) is 3.39. The Morgan fingerprint density at radius 3 is 2.22 bits per heavy atom. The van der Waals surface area contributed by atoms with Crippen LogP contribution in [-0.4, -0.2) is 44.0 Å². The molecule has 1 fully saturated rings. The van der Waals surface area contributed by atoms with Gasteiger partial charge in [-0.25, -0.2) is 8.42 Å². The van der Waals surface area contributed by atoms with Gasteiger partial charge in [0.2, 0.25) is 0 Å². The summed E-state index contributed by atoms with van der Waals surface area (Å²) in [5.41, 5.74) is 2.08. The van der Waals surface area contributed by atoms with Crippen molar-refractivity contribution in [3.8, 4) is 0 Å². The summed E-state index contributed by atoms with van der Waals surface area (Å²) < 4.78 is 23.9. The van der Waals surface area contributed by atoms with E-state index in [1.54, 1.807) is 0 Å². The number of nitrogens with one attached hydrogen (secondary N) is 1. The summed E-state index contributed by atoms with van der Waals surface area (Å²) in [4.78, 5) is 2.23. The molecule has 0 saturated carbocycles. The van der Waals surface area contributed by atoms with Gasteiger partial charge in [0.1, 0.15) is 0 Å². The first-order valence-corrected chi connectivity index (χ1v) is 11.6. The van der Waals surface area contributed by atoms with Gasteiger partial charge < -0.3 is 5.32 Å². The van der Waals surface area contributed by atoms with Crippen molar-refractivity contribution < 1.29 is 8.42 Å². The zero-order valence-corrected chi connectivity index (χ0v) is 17.4. The molecule has 3 rings (SSSR count). The third-order valence-corrected chi connectivity index (χ3v) is 7.39. The molecule has 1 saturated heterocycles. The number of nitrogens with zero attached hydrogens (tertiary/aromatic N) is 1. The minimum absolute atomic E-state index is 0.0355. The van der Waals surface area contributed by atoms with Crippen molar-refractivity contribution in [3.05, 3.63) is 69.7 Å². The normalized spacial score (nSPS) is 18.9. The Balaban J connectivity index is 1.61. The molecule has 0 bridgehead atoms. The molecule has 2 aromatic rings. The van der Waals surface area contributed by atoms with Gasteiger partial charge in [0.25, 0.3) is 0 Å². The summed E-state index contributed by atoms with van der Waals surface area (Å²) in [6, 6.07) is 15.5. The number of hydrogen-bond donors (Lipinski definition) is 1. The van der Waals surface area contributed by atoms with Gasteiger partial charge in [-0.3, -0.25) is 4.90 Å². The van der Waals surface area contributed by atoms with Crippen LogP contribution in [0.2, 0.25) is 10.0 Å². The van der Waals surface area contributed by atoms with Gasteiger partial charge in [-0.2, -0.15) is 0 Å². The molecule has 1 aliphatic rings. The molecule has 0 amide bonds. The van der Waals surface area contributed by atoms with E-state index >= 15 is 0 Å². The first kappa shape index (κ1) is 20.6. The smallest absolute Gasteiger partial charge is 0.151 e. The van der Waals surface area contributed by atoms with Crippen LogP contribution in [0.4, 0.5) is 0 Å². The Morgan fingerprint density at radius 1 is 1.00 bits per heavy atom. The second-order valence-corrected chi connectivity index (χ2v) is 9.93. The van der Waals surface area contributed by atoms with E-state index in [4.69, 9.17) is 23.2 Å². The third-order valence-electron chi connectivity index (χ3n) is 4.91. The molecule has 0 spiro atoms. The molecule has 0 radical (unpaired) electrons. The lowest BCUT2D eigenvalue weighted by Crippen LogP contribution is -2.40. The van der Waals surface area contributed by atoms with Crippen LogP contribution in [0.3, 0.4) is 0 Å². The summed E-state index contributed by atoms with van der Waals surface area (Å²) >= 11 is 12.5. The van der Waals surface area contributed by atoms with Crippen LogP contribution in [0.15, 0.2) is 48.5 Å². The van der Waals surface area contributed by atoms with Gasteiger partial charge in [0.05, 0.1) is 11.5 Å². The van der Waals surface area contributed by atoms with E-state index in [2.05, 4.69) is 10.2 Å². The van der Waals surface area contributed by atoms with Gasteiger partial charge in [0.15, 0.2) is 9.84 Å². The second kappa shape index (κ2) is 9.39. The summed E-state index contributed by atoms with van der Waals surface area (Å²) in [5.74, 6) is 0.492. The highest BCUT2D eigenvalue weighted by molar-refractivity contribution is 7.91. The van der Waals surface area contributed by atoms with Crippen molar-refractivity contribution in [2.45, 2.75) is 25.6 Å². The van der Waals surface area contributed by atoms with Crippen LogP contribution in [0.5, 0.6) is 0 Å². The minimum Gasteiger partial charge on any atom is -0.311 e. The molecular weight excluding hydrogens is 403 g/mol. The number of sulfone groups is 1. The highest BCUT2D eigenvalue weighted by Crippen LogP contribution is 2.23. The van der Waals surface area contributed by atoms with E-state index < -0.39 is 9.84 Å². The van der Waals surface area contributed by atoms with Crippen molar-refractivity contribution in [1.82, 2.24) is 10.2 Å². The number of halogens is 2. The maximum Gasteiger partial charge on any atom is 0.151 e. The number of hydrogen-bond acceptors (Lipinski definition) is 4. The van der Waals surface area contributed by atoms with Crippen molar-refractivity contribution in [3.63, 3.8) is 0 Å². The zero-order chi connectivity index (χ0) is 19.3. The van der Waals surface area contributed by atoms with Crippen molar-refractivity contribution in [2.24, 2.45) is 0 Å².